The number of carbonyl (C=O) groups excluding carboxylic acids is 1. The summed E-state index contributed by atoms with van der Waals surface area (Å²) in [5, 5.41) is 14.0. The Morgan fingerprint density at radius 3 is 2.23 bits per heavy atom. The van der Waals surface area contributed by atoms with Crippen LogP contribution < -0.4 is 10.0 Å². The summed E-state index contributed by atoms with van der Waals surface area (Å²) in [4.78, 5) is 12.1. The number of rotatable bonds is 4. The third-order valence-electron chi connectivity index (χ3n) is 6.17. The Bertz CT molecular complexity index is 532. The van der Waals surface area contributed by atoms with Crippen LogP contribution in [0.15, 0.2) is 24.5 Å². The van der Waals surface area contributed by atoms with Gasteiger partial charge in [-0.1, -0.05) is 0 Å². The average molecular weight is 300 g/mol. The lowest BCUT2D eigenvalue weighted by atomic mass is 9.49. The van der Waals surface area contributed by atoms with Crippen molar-refractivity contribution in [2.75, 3.05) is 6.54 Å². The normalized spacial score (nSPS) is 35.5. The maximum atomic E-state index is 12.1. The molecule has 1 N–H and O–H groups in total. The van der Waals surface area contributed by atoms with Crippen LogP contribution in [0.2, 0.25) is 0 Å². The molecule has 4 aliphatic carbocycles. The largest absolute Gasteiger partial charge is 0.619 e. The molecule has 1 aromatic rings. The summed E-state index contributed by atoms with van der Waals surface area (Å²) in [6, 6.07) is 3.15. The quantitative estimate of drug-likeness (QED) is 0.686. The van der Waals surface area contributed by atoms with Gasteiger partial charge in [-0.3, -0.25) is 4.79 Å². The van der Waals surface area contributed by atoms with Gasteiger partial charge in [0.25, 0.3) is 5.91 Å². The lowest BCUT2D eigenvalue weighted by molar-refractivity contribution is -0.605. The topological polar surface area (TPSA) is 56.0 Å². The molecule has 0 unspecified atom stereocenters. The number of pyridine rings is 1. The highest BCUT2D eigenvalue weighted by Crippen LogP contribution is 2.61. The molecular weight excluding hydrogens is 276 g/mol. The fourth-order valence-electron chi connectivity index (χ4n) is 5.70. The Kier molecular flexibility index (Phi) is 3.35. The maximum Gasteiger partial charge on any atom is 0.251 e. The van der Waals surface area contributed by atoms with E-state index in [-0.39, 0.29) is 5.91 Å². The third kappa shape index (κ3) is 2.59. The fraction of sp³-hybridized carbons (Fsp3) is 0.667. The number of hydrogen-bond donors (Lipinski definition) is 1. The van der Waals surface area contributed by atoms with Gasteiger partial charge in [0.1, 0.15) is 0 Å². The first-order valence-corrected chi connectivity index (χ1v) is 8.59. The average Bonchev–Trinajstić information content (AvgIpc) is 2.46. The molecule has 5 rings (SSSR count). The summed E-state index contributed by atoms with van der Waals surface area (Å²) in [6.45, 7) is 0.761. The molecule has 22 heavy (non-hydrogen) atoms. The molecule has 4 aliphatic rings. The zero-order valence-corrected chi connectivity index (χ0v) is 13.0. The second-order valence-corrected chi connectivity index (χ2v) is 7.87. The van der Waals surface area contributed by atoms with E-state index in [4.69, 9.17) is 0 Å². The molecule has 0 saturated heterocycles. The number of carbonyl (C=O) groups is 1. The van der Waals surface area contributed by atoms with E-state index in [1.54, 1.807) is 12.1 Å². The number of aromatic nitrogens is 1. The van der Waals surface area contributed by atoms with Gasteiger partial charge in [-0.25, -0.2) is 0 Å². The van der Waals surface area contributed by atoms with Crippen LogP contribution in [0.25, 0.3) is 0 Å². The highest BCUT2D eigenvalue weighted by atomic mass is 16.5. The van der Waals surface area contributed by atoms with Crippen LogP contribution >= 0.6 is 0 Å². The van der Waals surface area contributed by atoms with E-state index in [2.05, 4.69) is 5.32 Å². The number of nitrogens with one attached hydrogen (secondary N) is 1. The Morgan fingerprint density at radius 1 is 1.14 bits per heavy atom. The Balaban J connectivity index is 1.33. The molecular formula is C18H24N2O2. The van der Waals surface area contributed by atoms with Crippen LogP contribution in [0, 0.1) is 28.4 Å². The van der Waals surface area contributed by atoms with Crippen LogP contribution in [0.4, 0.5) is 0 Å². The Morgan fingerprint density at radius 2 is 1.68 bits per heavy atom. The SMILES string of the molecule is O=C(NCCC12CC3CC(CC(C3)C1)C2)c1cc[n+]([O-])cc1. The van der Waals surface area contributed by atoms with E-state index in [9.17, 15) is 10.0 Å². The first kappa shape index (κ1) is 14.0. The number of hydrogen-bond acceptors (Lipinski definition) is 2. The van der Waals surface area contributed by atoms with Crippen LogP contribution in [-0.4, -0.2) is 12.5 Å². The van der Waals surface area contributed by atoms with Gasteiger partial charge in [-0.05, 0) is 68.1 Å². The standard InChI is InChI=1S/C18H24N2O2/c21-17(16-1-5-20(22)6-2-16)19-4-3-18-10-13-7-14(11-18)9-15(8-13)12-18/h1-2,5-6,13-15H,3-4,7-12H2,(H,19,21). The van der Waals surface area contributed by atoms with Crippen molar-refractivity contribution in [2.24, 2.45) is 23.2 Å². The van der Waals surface area contributed by atoms with Crippen LogP contribution in [0.3, 0.4) is 0 Å². The van der Waals surface area contributed by atoms with Gasteiger partial charge in [-0.2, -0.15) is 4.73 Å². The van der Waals surface area contributed by atoms with E-state index in [0.29, 0.717) is 15.7 Å². The van der Waals surface area contributed by atoms with Crippen molar-refractivity contribution in [1.82, 2.24) is 5.32 Å². The summed E-state index contributed by atoms with van der Waals surface area (Å²) in [5.41, 5.74) is 1.08. The third-order valence-corrected chi connectivity index (χ3v) is 6.17. The van der Waals surface area contributed by atoms with Gasteiger partial charge in [0.2, 0.25) is 0 Å². The number of amides is 1. The smallest absolute Gasteiger partial charge is 0.251 e. The lowest BCUT2D eigenvalue weighted by Crippen LogP contribution is -2.47. The molecule has 4 fully saturated rings. The minimum atomic E-state index is -0.0645. The predicted octanol–water partition coefficient (Wildman–Crippen LogP) is 2.66. The van der Waals surface area contributed by atoms with Crippen molar-refractivity contribution < 1.29 is 9.52 Å². The van der Waals surface area contributed by atoms with Crippen molar-refractivity contribution in [2.45, 2.75) is 44.9 Å². The molecule has 0 atom stereocenters. The van der Waals surface area contributed by atoms with Crippen molar-refractivity contribution in [3.8, 4) is 0 Å². The molecule has 0 radical (unpaired) electrons. The van der Waals surface area contributed by atoms with Gasteiger partial charge in [0.05, 0.1) is 5.56 Å². The van der Waals surface area contributed by atoms with E-state index in [0.717, 1.165) is 30.7 Å². The molecule has 1 aromatic heterocycles. The summed E-state index contributed by atoms with van der Waals surface area (Å²) < 4.78 is 0.701. The molecule has 4 bridgehead atoms. The van der Waals surface area contributed by atoms with E-state index in [1.165, 1.54) is 50.9 Å². The monoisotopic (exact) mass is 300 g/mol. The van der Waals surface area contributed by atoms with Crippen molar-refractivity contribution >= 4 is 5.91 Å². The molecule has 4 saturated carbocycles. The lowest BCUT2D eigenvalue weighted by Gasteiger charge is -2.57. The second-order valence-electron chi connectivity index (χ2n) is 7.87. The van der Waals surface area contributed by atoms with Crippen LogP contribution in [0.1, 0.15) is 55.3 Å². The van der Waals surface area contributed by atoms with Gasteiger partial charge < -0.3 is 10.5 Å². The molecule has 118 valence electrons. The van der Waals surface area contributed by atoms with E-state index >= 15 is 0 Å². The van der Waals surface area contributed by atoms with Gasteiger partial charge in [0, 0.05) is 18.7 Å². The Hall–Kier alpha value is -1.58. The summed E-state index contributed by atoms with van der Waals surface area (Å²) in [6.07, 6.45) is 12.4. The van der Waals surface area contributed by atoms with Gasteiger partial charge in [-0.15, -0.1) is 0 Å². The molecule has 0 aromatic carbocycles. The molecule has 0 spiro atoms. The minimum Gasteiger partial charge on any atom is -0.619 e. The van der Waals surface area contributed by atoms with Gasteiger partial charge in [0.15, 0.2) is 12.4 Å². The van der Waals surface area contributed by atoms with Crippen LogP contribution in [-0.2, 0) is 0 Å². The highest BCUT2D eigenvalue weighted by molar-refractivity contribution is 5.93. The van der Waals surface area contributed by atoms with Crippen LogP contribution in [0.5, 0.6) is 0 Å². The first-order chi connectivity index (χ1) is 10.6. The predicted molar refractivity (Wildman–Crippen MR) is 83.0 cm³/mol. The zero-order valence-electron chi connectivity index (χ0n) is 13.0. The molecule has 1 heterocycles. The van der Waals surface area contributed by atoms with E-state index < -0.39 is 0 Å². The van der Waals surface area contributed by atoms with Crippen molar-refractivity contribution in [3.63, 3.8) is 0 Å². The molecule has 4 nitrogen and oxygen atoms in total. The molecule has 0 aliphatic heterocycles. The Labute approximate surface area is 131 Å². The van der Waals surface area contributed by atoms with Crippen molar-refractivity contribution in [1.29, 1.82) is 0 Å². The maximum absolute atomic E-state index is 12.1. The number of nitrogens with zero attached hydrogens (tertiary/aromatic N) is 1. The minimum absolute atomic E-state index is 0.0645. The molecule has 4 heteroatoms. The van der Waals surface area contributed by atoms with E-state index in [1.807, 2.05) is 0 Å². The summed E-state index contributed by atoms with van der Waals surface area (Å²) >= 11 is 0. The second kappa shape index (κ2) is 5.25. The zero-order chi connectivity index (χ0) is 15.2. The fourth-order valence-corrected chi connectivity index (χ4v) is 5.70. The highest BCUT2D eigenvalue weighted by Gasteiger charge is 2.50. The summed E-state index contributed by atoms with van der Waals surface area (Å²) in [5.74, 6) is 2.82. The molecule has 1 amide bonds. The van der Waals surface area contributed by atoms with Crippen molar-refractivity contribution in [3.05, 3.63) is 35.3 Å². The van der Waals surface area contributed by atoms with Gasteiger partial charge >= 0.3 is 0 Å². The summed E-state index contributed by atoms with van der Waals surface area (Å²) in [7, 11) is 0. The first-order valence-electron chi connectivity index (χ1n) is 8.59.